The van der Waals surface area contributed by atoms with E-state index in [1.807, 2.05) is 0 Å². The second kappa shape index (κ2) is 18.8. The predicted octanol–water partition coefficient (Wildman–Crippen LogP) is 13.2. The fraction of sp³-hybridized carbons (Fsp3) is 0.415. The maximum Gasteiger partial charge on any atom is 0.417 e. The highest BCUT2D eigenvalue weighted by atomic mass is 19.4. The van der Waals surface area contributed by atoms with Crippen molar-refractivity contribution in [1.29, 1.82) is 0 Å². The van der Waals surface area contributed by atoms with E-state index in [0.29, 0.717) is 16.0 Å². The Bertz CT molecular complexity index is 2650. The van der Waals surface area contributed by atoms with Crippen LogP contribution in [0.2, 0.25) is 0 Å². The van der Waals surface area contributed by atoms with Crippen LogP contribution in [0.3, 0.4) is 0 Å². The zero-order valence-corrected chi connectivity index (χ0v) is 35.5. The number of alkyl halides is 24. The first kappa shape index (κ1) is 57.5. The van der Waals surface area contributed by atoms with Crippen molar-refractivity contribution >= 4 is 23.6 Å². The molecule has 0 bridgehead atoms. The number of ether oxygens (including phenoxy) is 1. The second-order valence-electron chi connectivity index (χ2n) is 16.1. The zero-order valence-electron chi connectivity index (χ0n) is 35.5. The number of halogens is 24. The van der Waals surface area contributed by atoms with Gasteiger partial charge in [0.15, 0.2) is 0 Å². The van der Waals surface area contributed by atoms with Crippen molar-refractivity contribution < 1.29 is 125 Å². The van der Waals surface area contributed by atoms with Crippen molar-refractivity contribution in [2.75, 3.05) is 43.1 Å². The molecule has 1 N–H and O–H groups in total. The standard InChI is InChI=1S/C21H14F12N2O2.C20H12F12N2O2/c1-37-16(36)13-8-34-15(7-14(13)20(28,29)30)35-3-2-17(9-35,21(31,32)33)10-4-11(18(22,23)24)6-12(5-10)19(25,26)27;21-17(22,23)10-3-9(4-11(5-10)18(24,25)26)16(20(30,31)32)1-2-34(8-16)14-6-13(19(27,28)29)12(7-33-14)15(35)36/h4-8H,2-3,9H2,1H3;3-7H,1-2,8H2,(H,35,36). The van der Waals surface area contributed by atoms with E-state index in [2.05, 4.69) is 14.7 Å². The average molecular weight is 1090 g/mol. The van der Waals surface area contributed by atoms with E-state index in [9.17, 15) is 115 Å². The first-order chi connectivity index (χ1) is 32.9. The van der Waals surface area contributed by atoms with Gasteiger partial charge in [-0.3, -0.25) is 0 Å². The van der Waals surface area contributed by atoms with Crippen LogP contribution < -0.4 is 9.80 Å². The van der Waals surface area contributed by atoms with Gasteiger partial charge in [-0.15, -0.1) is 0 Å². The van der Waals surface area contributed by atoms with Crippen LogP contribution in [0.25, 0.3) is 0 Å². The Balaban J connectivity index is 0.000000271. The Morgan fingerprint density at radius 1 is 0.479 bits per heavy atom. The molecule has 4 aromatic rings. The molecule has 2 saturated heterocycles. The molecule has 0 radical (unpaired) electrons. The Labute approximate surface area is 391 Å². The topological polar surface area (TPSA) is 95.9 Å². The molecule has 402 valence electrons. The van der Waals surface area contributed by atoms with E-state index in [1.54, 1.807) is 0 Å². The number of benzene rings is 2. The minimum atomic E-state index is -5.43. The molecule has 0 saturated carbocycles. The molecule has 0 spiro atoms. The van der Waals surface area contributed by atoms with E-state index in [1.165, 1.54) is 0 Å². The lowest BCUT2D eigenvalue weighted by Crippen LogP contribution is -2.45. The van der Waals surface area contributed by atoms with Gasteiger partial charge in [-0.25, -0.2) is 19.6 Å². The largest absolute Gasteiger partial charge is 0.478 e. The van der Waals surface area contributed by atoms with Gasteiger partial charge in [0.1, 0.15) is 22.5 Å². The van der Waals surface area contributed by atoms with Crippen molar-refractivity contribution in [3.8, 4) is 0 Å². The van der Waals surface area contributed by atoms with Crippen LogP contribution in [0.15, 0.2) is 60.9 Å². The molecule has 2 unspecified atom stereocenters. The molecule has 2 aromatic carbocycles. The van der Waals surface area contributed by atoms with Gasteiger partial charge in [0.25, 0.3) is 0 Å². The fourth-order valence-corrected chi connectivity index (χ4v) is 7.88. The van der Waals surface area contributed by atoms with Crippen LogP contribution in [0.4, 0.5) is 117 Å². The number of carboxylic acids is 1. The highest BCUT2D eigenvalue weighted by Gasteiger charge is 2.62. The number of aromatic nitrogens is 2. The number of carboxylic acid groups (broad SMARTS) is 1. The Kier molecular flexibility index (Phi) is 14.8. The molecule has 32 heteroatoms. The minimum absolute atomic E-state index is 0.0544. The Hall–Kier alpha value is -6.40. The molecular formula is C41H26F24N4O4. The summed E-state index contributed by atoms with van der Waals surface area (Å²) >= 11 is 0. The summed E-state index contributed by atoms with van der Waals surface area (Å²) in [6.45, 7) is -4.18. The Morgan fingerprint density at radius 3 is 1.04 bits per heavy atom. The summed E-state index contributed by atoms with van der Waals surface area (Å²) in [5, 5.41) is 8.92. The summed E-state index contributed by atoms with van der Waals surface area (Å²) in [7, 11) is 0.777. The van der Waals surface area contributed by atoms with E-state index >= 15 is 0 Å². The molecule has 2 atom stereocenters. The summed E-state index contributed by atoms with van der Waals surface area (Å²) < 4.78 is 329. The number of hydrogen-bond donors (Lipinski definition) is 1. The molecule has 0 aliphatic carbocycles. The molecule has 0 amide bonds. The maximum atomic E-state index is 14.3. The summed E-state index contributed by atoms with van der Waals surface area (Å²) in [5.74, 6) is -4.99. The molecule has 2 aliphatic heterocycles. The summed E-state index contributed by atoms with van der Waals surface area (Å²) in [4.78, 5) is 30.9. The number of aromatic carboxylic acids is 1. The minimum Gasteiger partial charge on any atom is -0.478 e. The molecule has 2 fully saturated rings. The van der Waals surface area contributed by atoms with Gasteiger partial charge in [-0.2, -0.15) is 105 Å². The molecule has 73 heavy (non-hydrogen) atoms. The molecule has 6 rings (SSSR count). The lowest BCUT2D eigenvalue weighted by Gasteiger charge is -2.33. The number of nitrogens with zero attached hydrogens (tertiary/aromatic N) is 4. The maximum absolute atomic E-state index is 14.3. The third-order valence-electron chi connectivity index (χ3n) is 11.6. The Morgan fingerprint density at radius 2 is 0.781 bits per heavy atom. The highest BCUT2D eigenvalue weighted by molar-refractivity contribution is 5.91. The highest BCUT2D eigenvalue weighted by Crippen LogP contribution is 2.53. The van der Waals surface area contributed by atoms with Crippen molar-refractivity contribution in [2.45, 2.75) is 73.1 Å². The van der Waals surface area contributed by atoms with Crippen LogP contribution in [-0.4, -0.2) is 72.7 Å². The van der Waals surface area contributed by atoms with E-state index in [4.69, 9.17) is 5.11 Å². The normalized spacial score (nSPS) is 19.5. The number of methoxy groups -OCH3 is 1. The van der Waals surface area contributed by atoms with Crippen molar-refractivity contribution in [3.63, 3.8) is 0 Å². The van der Waals surface area contributed by atoms with Crippen LogP contribution in [0.1, 0.15) is 78.1 Å². The van der Waals surface area contributed by atoms with E-state index in [-0.39, 0.29) is 54.7 Å². The van der Waals surface area contributed by atoms with Gasteiger partial charge in [0.2, 0.25) is 0 Å². The van der Waals surface area contributed by atoms with E-state index < -0.39 is 178 Å². The number of carbonyl (C=O) groups is 2. The quantitative estimate of drug-likeness (QED) is 0.151. The summed E-state index contributed by atoms with van der Waals surface area (Å²) in [5.41, 5.74) is -23.0. The van der Waals surface area contributed by atoms with Crippen LogP contribution >= 0.6 is 0 Å². The number of rotatable bonds is 6. The van der Waals surface area contributed by atoms with Gasteiger partial charge in [0, 0.05) is 38.6 Å². The van der Waals surface area contributed by atoms with Crippen LogP contribution in [-0.2, 0) is 52.6 Å². The number of pyridine rings is 2. The predicted molar refractivity (Wildman–Crippen MR) is 199 cm³/mol. The molecule has 8 nitrogen and oxygen atoms in total. The van der Waals surface area contributed by atoms with Crippen LogP contribution in [0.5, 0.6) is 0 Å². The van der Waals surface area contributed by atoms with Crippen molar-refractivity contribution in [2.24, 2.45) is 0 Å². The molecular weight excluding hydrogens is 1070 g/mol. The van der Waals surface area contributed by atoms with E-state index in [0.717, 1.165) is 7.11 Å². The van der Waals surface area contributed by atoms with Gasteiger partial charge in [-0.05, 0) is 72.5 Å². The van der Waals surface area contributed by atoms with Gasteiger partial charge < -0.3 is 19.6 Å². The lowest BCUT2D eigenvalue weighted by molar-refractivity contribution is -0.185. The number of anilines is 2. The number of hydrogen-bond acceptors (Lipinski definition) is 7. The first-order valence-corrected chi connectivity index (χ1v) is 19.6. The monoisotopic (exact) mass is 1090 g/mol. The zero-order chi connectivity index (χ0) is 55.7. The first-order valence-electron chi connectivity index (χ1n) is 19.6. The van der Waals surface area contributed by atoms with Crippen molar-refractivity contribution in [1.82, 2.24) is 9.97 Å². The number of carbonyl (C=O) groups excluding carboxylic acids is 1. The molecule has 2 aromatic heterocycles. The van der Waals surface area contributed by atoms with Crippen LogP contribution in [0, 0.1) is 0 Å². The van der Waals surface area contributed by atoms with Gasteiger partial charge in [0.05, 0.1) is 51.6 Å². The number of esters is 1. The summed E-state index contributed by atoms with van der Waals surface area (Å²) in [6, 6.07) is -0.523. The van der Waals surface area contributed by atoms with Gasteiger partial charge in [-0.1, -0.05) is 0 Å². The lowest BCUT2D eigenvalue weighted by atomic mass is 9.77. The SMILES string of the molecule is COC(=O)c1cnc(N2CCC(c3cc(C(F)(F)F)cc(C(F)(F)F)c3)(C(F)(F)F)C2)cc1C(F)(F)F.O=C(O)c1cnc(N2CCC(c3cc(C(F)(F)F)cc(C(F)(F)F)c3)(C(F)(F)F)C2)cc1C(F)(F)F. The second-order valence-corrected chi connectivity index (χ2v) is 16.1. The third-order valence-corrected chi connectivity index (χ3v) is 11.6. The molecule has 4 heterocycles. The summed E-state index contributed by atoms with van der Waals surface area (Å²) in [6.07, 6.45) is -44.5. The van der Waals surface area contributed by atoms with Gasteiger partial charge >= 0.3 is 61.3 Å². The fourth-order valence-electron chi connectivity index (χ4n) is 7.88. The average Bonchev–Trinajstić information content (AvgIpc) is 3.92. The third kappa shape index (κ3) is 11.9. The van der Waals surface area contributed by atoms with Crippen molar-refractivity contribution in [3.05, 3.63) is 117 Å². The smallest absolute Gasteiger partial charge is 0.417 e. The molecule has 2 aliphatic rings.